The summed E-state index contributed by atoms with van der Waals surface area (Å²) in [5, 5.41) is 4.90. The largest absolute Gasteiger partial charge is 0.416 e. The Bertz CT molecular complexity index is 1530. The van der Waals surface area contributed by atoms with Crippen LogP contribution in [0.25, 0.3) is 16.7 Å². The molecule has 0 bridgehead atoms. The van der Waals surface area contributed by atoms with Crippen LogP contribution < -0.4 is 5.56 Å². The number of benzene rings is 1. The van der Waals surface area contributed by atoms with Gasteiger partial charge >= 0.3 is 6.18 Å². The molecule has 2 aliphatic heterocycles. The minimum absolute atomic E-state index is 0.131. The maximum absolute atomic E-state index is 13.7. The van der Waals surface area contributed by atoms with Crippen LogP contribution >= 0.6 is 0 Å². The zero-order valence-electron chi connectivity index (χ0n) is 22.2. The molecule has 1 aromatic carbocycles. The fraction of sp³-hybridized carbons (Fsp3) is 0.448. The minimum atomic E-state index is -4.34. The number of likely N-dealkylation sites (tertiary alicyclic amines) is 2. The third-order valence-electron chi connectivity index (χ3n) is 8.11. The highest BCUT2D eigenvalue weighted by atomic mass is 19.4. The summed E-state index contributed by atoms with van der Waals surface area (Å²) < 4.78 is 42.8. The van der Waals surface area contributed by atoms with Crippen LogP contribution in [0.2, 0.25) is 0 Å². The molecule has 0 aliphatic carbocycles. The second kappa shape index (κ2) is 11.1. The van der Waals surface area contributed by atoms with Crippen LogP contribution in [0.3, 0.4) is 0 Å². The van der Waals surface area contributed by atoms with Crippen LogP contribution in [-0.4, -0.2) is 67.3 Å². The summed E-state index contributed by atoms with van der Waals surface area (Å²) in [6.45, 7) is 5.02. The third-order valence-corrected chi connectivity index (χ3v) is 8.11. The van der Waals surface area contributed by atoms with Crippen molar-refractivity contribution in [2.45, 2.75) is 50.7 Å². The smallest absolute Gasteiger partial charge is 0.313 e. The first-order valence-corrected chi connectivity index (χ1v) is 13.9. The molecule has 0 atom stereocenters. The highest BCUT2D eigenvalue weighted by Crippen LogP contribution is 2.36. The highest BCUT2D eigenvalue weighted by Gasteiger charge is 2.32. The van der Waals surface area contributed by atoms with Crippen LogP contribution in [0.15, 0.2) is 54.0 Å². The van der Waals surface area contributed by atoms with Crippen molar-refractivity contribution >= 4 is 10.9 Å². The van der Waals surface area contributed by atoms with Gasteiger partial charge in [-0.25, -0.2) is 14.6 Å². The van der Waals surface area contributed by atoms with E-state index in [1.807, 2.05) is 12.3 Å². The van der Waals surface area contributed by atoms with Crippen molar-refractivity contribution in [1.29, 1.82) is 0 Å². The van der Waals surface area contributed by atoms with Gasteiger partial charge in [0.15, 0.2) is 5.82 Å². The van der Waals surface area contributed by atoms with E-state index in [4.69, 9.17) is 0 Å². The standard InChI is InChI=1S/C29H32F3N7O/c30-29(31,32)24-14-21(17-38-8-1-2-9-38)13-23(15-24)22-5-11-37(12-6-22)10-4-20-16-36-39(18-20)27-26-25(3-7-33-27)28(40)35-19-34-26/h3,7,13-16,18-19,22H,1-2,4-6,8-12,17H2,(H,34,35,40). The van der Waals surface area contributed by atoms with Crippen molar-refractivity contribution in [2.24, 2.45) is 0 Å². The number of rotatable bonds is 7. The van der Waals surface area contributed by atoms with Gasteiger partial charge in [0.05, 0.1) is 23.5 Å². The molecule has 40 heavy (non-hydrogen) atoms. The number of fused-ring (bicyclic) bond motifs is 1. The van der Waals surface area contributed by atoms with Gasteiger partial charge in [0, 0.05) is 25.5 Å². The predicted octanol–water partition coefficient (Wildman–Crippen LogP) is 4.54. The summed E-state index contributed by atoms with van der Waals surface area (Å²) in [6, 6.07) is 6.34. The molecule has 6 rings (SSSR count). The summed E-state index contributed by atoms with van der Waals surface area (Å²) in [6.07, 6.45) is 6.98. The highest BCUT2D eigenvalue weighted by molar-refractivity contribution is 5.83. The summed E-state index contributed by atoms with van der Waals surface area (Å²) in [5.41, 5.74) is 2.36. The molecule has 5 heterocycles. The lowest BCUT2D eigenvalue weighted by Crippen LogP contribution is -2.34. The molecule has 3 aromatic heterocycles. The molecule has 11 heteroatoms. The van der Waals surface area contributed by atoms with Gasteiger partial charge in [0.1, 0.15) is 5.52 Å². The summed E-state index contributed by atoms with van der Waals surface area (Å²) in [7, 11) is 0. The lowest BCUT2D eigenvalue weighted by atomic mass is 9.87. The van der Waals surface area contributed by atoms with E-state index < -0.39 is 11.7 Å². The zero-order chi connectivity index (χ0) is 27.7. The number of nitrogens with one attached hydrogen (secondary N) is 1. The number of halogens is 3. The van der Waals surface area contributed by atoms with Gasteiger partial charge in [-0.05, 0) is 99.1 Å². The monoisotopic (exact) mass is 551 g/mol. The number of pyridine rings is 1. The summed E-state index contributed by atoms with van der Waals surface area (Å²) in [4.78, 5) is 27.9. The fourth-order valence-electron chi connectivity index (χ4n) is 5.94. The Morgan fingerprint density at radius 2 is 1.77 bits per heavy atom. The first-order chi connectivity index (χ1) is 19.3. The molecule has 4 aromatic rings. The molecular formula is C29H32F3N7O. The van der Waals surface area contributed by atoms with E-state index in [2.05, 4.69) is 29.9 Å². The van der Waals surface area contributed by atoms with Gasteiger partial charge in [-0.15, -0.1) is 0 Å². The number of piperidine rings is 1. The van der Waals surface area contributed by atoms with Gasteiger partial charge in [0.2, 0.25) is 0 Å². The fourth-order valence-corrected chi connectivity index (χ4v) is 5.94. The zero-order valence-corrected chi connectivity index (χ0v) is 22.2. The number of nitrogens with zero attached hydrogens (tertiary/aromatic N) is 6. The van der Waals surface area contributed by atoms with Crippen molar-refractivity contribution in [1.82, 2.24) is 34.5 Å². The Labute approximate surface area is 229 Å². The third kappa shape index (κ3) is 5.80. The van der Waals surface area contributed by atoms with Crippen molar-refractivity contribution in [3.8, 4) is 5.82 Å². The number of aromatic amines is 1. The lowest BCUT2D eigenvalue weighted by molar-refractivity contribution is -0.137. The number of alkyl halides is 3. The van der Waals surface area contributed by atoms with Crippen molar-refractivity contribution in [3.05, 3.63) is 81.8 Å². The van der Waals surface area contributed by atoms with Crippen molar-refractivity contribution in [2.75, 3.05) is 32.7 Å². The SMILES string of the molecule is O=c1[nH]cnc2c(-n3cc(CCN4CCC(c5cc(CN6CCCC6)cc(C(F)(F)F)c5)CC4)cn3)nccc12. The van der Waals surface area contributed by atoms with Crippen LogP contribution in [-0.2, 0) is 19.1 Å². The van der Waals surface area contributed by atoms with Crippen molar-refractivity contribution in [3.63, 3.8) is 0 Å². The Kier molecular flexibility index (Phi) is 7.41. The van der Waals surface area contributed by atoms with E-state index in [0.29, 0.717) is 23.3 Å². The van der Waals surface area contributed by atoms with Crippen LogP contribution in [0, 0.1) is 0 Å². The first-order valence-electron chi connectivity index (χ1n) is 13.9. The predicted molar refractivity (Wildman–Crippen MR) is 145 cm³/mol. The maximum atomic E-state index is 13.7. The number of H-pyrrole nitrogens is 1. The molecule has 2 aliphatic rings. The van der Waals surface area contributed by atoms with Gasteiger partial charge in [0.25, 0.3) is 5.56 Å². The molecule has 210 valence electrons. The molecule has 0 spiro atoms. The Morgan fingerprint density at radius 3 is 2.55 bits per heavy atom. The minimum Gasteiger partial charge on any atom is -0.313 e. The quantitative estimate of drug-likeness (QED) is 0.363. The van der Waals surface area contributed by atoms with E-state index in [1.165, 1.54) is 18.5 Å². The molecule has 8 nitrogen and oxygen atoms in total. The van der Waals surface area contributed by atoms with Gasteiger partial charge < -0.3 is 9.88 Å². The molecule has 2 saturated heterocycles. The Balaban J connectivity index is 1.08. The van der Waals surface area contributed by atoms with Crippen molar-refractivity contribution < 1.29 is 13.2 Å². The second-order valence-corrected chi connectivity index (χ2v) is 10.9. The molecule has 0 unspecified atom stereocenters. The lowest BCUT2D eigenvalue weighted by Gasteiger charge is -2.32. The van der Waals surface area contributed by atoms with E-state index in [-0.39, 0.29) is 11.5 Å². The molecule has 1 N–H and O–H groups in total. The second-order valence-electron chi connectivity index (χ2n) is 10.9. The topological polar surface area (TPSA) is 82.9 Å². The molecule has 2 fully saturated rings. The van der Waals surface area contributed by atoms with E-state index in [9.17, 15) is 18.0 Å². The number of hydrogen-bond acceptors (Lipinski definition) is 6. The Morgan fingerprint density at radius 1 is 0.975 bits per heavy atom. The molecule has 0 radical (unpaired) electrons. The average molecular weight is 552 g/mol. The van der Waals surface area contributed by atoms with Gasteiger partial charge in [-0.2, -0.15) is 18.3 Å². The van der Waals surface area contributed by atoms with Crippen LogP contribution in [0.4, 0.5) is 13.2 Å². The first kappa shape index (κ1) is 26.6. The van der Waals surface area contributed by atoms with E-state index in [0.717, 1.165) is 81.5 Å². The van der Waals surface area contributed by atoms with Gasteiger partial charge in [-0.1, -0.05) is 6.07 Å². The maximum Gasteiger partial charge on any atom is 0.416 e. The average Bonchev–Trinajstić information content (AvgIpc) is 3.64. The number of aromatic nitrogens is 5. The van der Waals surface area contributed by atoms with Crippen LogP contribution in [0.5, 0.6) is 0 Å². The van der Waals surface area contributed by atoms with E-state index in [1.54, 1.807) is 23.1 Å². The Hall–Kier alpha value is -3.57. The van der Waals surface area contributed by atoms with Gasteiger partial charge in [-0.3, -0.25) is 9.69 Å². The molecular weight excluding hydrogens is 519 g/mol. The van der Waals surface area contributed by atoms with Crippen LogP contribution in [0.1, 0.15) is 53.9 Å². The number of hydrogen-bond donors (Lipinski definition) is 1. The molecule has 0 saturated carbocycles. The normalized spacial score (nSPS) is 17.7. The summed E-state index contributed by atoms with van der Waals surface area (Å²) >= 11 is 0. The van der Waals surface area contributed by atoms with E-state index >= 15 is 0 Å². The summed E-state index contributed by atoms with van der Waals surface area (Å²) in [5.74, 6) is 0.632. The molecule has 0 amide bonds.